The third kappa shape index (κ3) is 3.32. The average Bonchev–Trinajstić information content (AvgIpc) is 2.73. The van der Waals surface area contributed by atoms with Crippen molar-refractivity contribution in [1.29, 1.82) is 0 Å². The summed E-state index contributed by atoms with van der Waals surface area (Å²) in [7, 11) is 0. The molecule has 2 bridgehead atoms. The topological polar surface area (TPSA) is 32.3 Å². The van der Waals surface area contributed by atoms with Gasteiger partial charge < -0.3 is 10.2 Å². The minimum absolute atomic E-state index is 0.340. The second-order valence-electron chi connectivity index (χ2n) is 6.26. The van der Waals surface area contributed by atoms with Crippen LogP contribution in [0.4, 0.5) is 0 Å². The zero-order valence-electron chi connectivity index (χ0n) is 12.6. The first-order valence-electron chi connectivity index (χ1n) is 7.92. The summed E-state index contributed by atoms with van der Waals surface area (Å²) in [6.07, 6.45) is 4.94. The Hall–Kier alpha value is -0.870. The molecular formula is C17H23BrN2O. The standard InChI is InChI=1S/C17H23BrN2O/c1-12-10-13(2-6-16(12)18)3-7-17(21)20-14-4-5-15(20)11-19-9-8-14/h2,6,10,14-15,19H,3-5,7-9,11H2,1H3. The molecule has 0 spiro atoms. The maximum absolute atomic E-state index is 12.6. The second kappa shape index (κ2) is 6.49. The van der Waals surface area contributed by atoms with Crippen LogP contribution in [0.25, 0.3) is 0 Å². The summed E-state index contributed by atoms with van der Waals surface area (Å²) < 4.78 is 1.13. The number of carbonyl (C=O) groups excluding carboxylic acids is 1. The Bertz CT molecular complexity index is 518. The number of amides is 1. The number of halogens is 1. The van der Waals surface area contributed by atoms with Gasteiger partial charge in [0.2, 0.25) is 5.91 Å². The van der Waals surface area contributed by atoms with E-state index < -0.39 is 0 Å². The highest BCUT2D eigenvalue weighted by atomic mass is 79.9. The van der Waals surface area contributed by atoms with E-state index in [0.717, 1.165) is 30.4 Å². The van der Waals surface area contributed by atoms with E-state index in [0.29, 0.717) is 24.4 Å². The van der Waals surface area contributed by atoms with Crippen LogP contribution in [-0.2, 0) is 11.2 Å². The first kappa shape index (κ1) is 15.0. The molecule has 2 aliphatic rings. The average molecular weight is 351 g/mol. The minimum atomic E-state index is 0.340. The Kier molecular flexibility index (Phi) is 4.65. The van der Waals surface area contributed by atoms with Crippen LogP contribution in [0.3, 0.4) is 0 Å². The number of benzene rings is 1. The fourth-order valence-corrected chi connectivity index (χ4v) is 3.88. The lowest BCUT2D eigenvalue weighted by molar-refractivity contribution is -0.133. The van der Waals surface area contributed by atoms with E-state index in [1.165, 1.54) is 24.0 Å². The number of nitrogens with one attached hydrogen (secondary N) is 1. The van der Waals surface area contributed by atoms with Crippen molar-refractivity contribution in [3.05, 3.63) is 33.8 Å². The van der Waals surface area contributed by atoms with Crippen LogP contribution in [0.5, 0.6) is 0 Å². The van der Waals surface area contributed by atoms with Crippen LogP contribution in [-0.4, -0.2) is 36.0 Å². The quantitative estimate of drug-likeness (QED) is 0.908. The molecular weight excluding hydrogens is 328 g/mol. The van der Waals surface area contributed by atoms with Crippen molar-refractivity contribution in [2.24, 2.45) is 0 Å². The van der Waals surface area contributed by atoms with Crippen molar-refractivity contribution in [2.75, 3.05) is 13.1 Å². The van der Waals surface area contributed by atoms with Crippen LogP contribution in [0, 0.1) is 6.92 Å². The first-order chi connectivity index (χ1) is 10.1. The lowest BCUT2D eigenvalue weighted by Gasteiger charge is -2.28. The highest BCUT2D eigenvalue weighted by Gasteiger charge is 2.37. The lowest BCUT2D eigenvalue weighted by Crippen LogP contribution is -2.42. The van der Waals surface area contributed by atoms with Crippen molar-refractivity contribution in [1.82, 2.24) is 10.2 Å². The summed E-state index contributed by atoms with van der Waals surface area (Å²) in [4.78, 5) is 14.8. The molecule has 21 heavy (non-hydrogen) atoms. The highest BCUT2D eigenvalue weighted by molar-refractivity contribution is 9.10. The number of nitrogens with zero attached hydrogens (tertiary/aromatic N) is 1. The second-order valence-corrected chi connectivity index (χ2v) is 7.12. The lowest BCUT2D eigenvalue weighted by atomic mass is 10.1. The molecule has 2 unspecified atom stereocenters. The molecule has 1 N–H and O–H groups in total. The molecule has 0 aliphatic carbocycles. The van der Waals surface area contributed by atoms with Gasteiger partial charge in [0.25, 0.3) is 0 Å². The predicted octanol–water partition coefficient (Wildman–Crippen LogP) is 3.04. The predicted molar refractivity (Wildman–Crippen MR) is 88.3 cm³/mol. The number of hydrogen-bond acceptors (Lipinski definition) is 2. The Balaban J connectivity index is 1.62. The number of rotatable bonds is 3. The van der Waals surface area contributed by atoms with Gasteiger partial charge in [0.05, 0.1) is 0 Å². The molecule has 0 radical (unpaired) electrons. The van der Waals surface area contributed by atoms with Gasteiger partial charge in [0, 0.05) is 29.5 Å². The Labute approximate surface area is 135 Å². The summed E-state index contributed by atoms with van der Waals surface area (Å²) >= 11 is 3.52. The number of carbonyl (C=O) groups is 1. The van der Waals surface area contributed by atoms with Gasteiger partial charge in [-0.2, -0.15) is 0 Å². The number of hydrogen-bond donors (Lipinski definition) is 1. The van der Waals surface area contributed by atoms with E-state index in [-0.39, 0.29) is 0 Å². The van der Waals surface area contributed by atoms with Crippen molar-refractivity contribution in [2.45, 2.75) is 51.1 Å². The SMILES string of the molecule is Cc1cc(CCC(=O)N2C3CCNCC2CC3)ccc1Br. The van der Waals surface area contributed by atoms with Crippen LogP contribution >= 0.6 is 15.9 Å². The third-order valence-corrected chi connectivity index (χ3v) is 5.68. The summed E-state index contributed by atoms with van der Waals surface area (Å²) in [6, 6.07) is 7.27. The van der Waals surface area contributed by atoms with Crippen molar-refractivity contribution < 1.29 is 4.79 Å². The fourth-order valence-electron chi connectivity index (χ4n) is 3.63. The Morgan fingerprint density at radius 3 is 2.95 bits per heavy atom. The van der Waals surface area contributed by atoms with Gasteiger partial charge in [-0.3, -0.25) is 4.79 Å². The van der Waals surface area contributed by atoms with Gasteiger partial charge in [-0.05, 0) is 56.3 Å². The summed E-state index contributed by atoms with van der Waals surface area (Å²) in [6.45, 7) is 4.12. The molecule has 2 heterocycles. The van der Waals surface area contributed by atoms with Gasteiger partial charge in [0.15, 0.2) is 0 Å². The molecule has 4 heteroatoms. The van der Waals surface area contributed by atoms with Gasteiger partial charge in [-0.25, -0.2) is 0 Å². The molecule has 1 aromatic carbocycles. The van der Waals surface area contributed by atoms with Crippen LogP contribution in [0.2, 0.25) is 0 Å². The van der Waals surface area contributed by atoms with Gasteiger partial charge in [-0.1, -0.05) is 28.1 Å². The zero-order chi connectivity index (χ0) is 14.8. The Morgan fingerprint density at radius 1 is 1.33 bits per heavy atom. The third-order valence-electron chi connectivity index (χ3n) is 4.79. The van der Waals surface area contributed by atoms with E-state index in [4.69, 9.17) is 0 Å². The van der Waals surface area contributed by atoms with E-state index in [9.17, 15) is 4.79 Å². The molecule has 1 aromatic rings. The molecule has 2 fully saturated rings. The molecule has 2 atom stereocenters. The number of aryl methyl sites for hydroxylation is 2. The van der Waals surface area contributed by atoms with E-state index in [1.807, 2.05) is 0 Å². The fraction of sp³-hybridized carbons (Fsp3) is 0.588. The molecule has 3 rings (SSSR count). The van der Waals surface area contributed by atoms with Crippen LogP contribution < -0.4 is 5.32 Å². The first-order valence-corrected chi connectivity index (χ1v) is 8.71. The molecule has 114 valence electrons. The van der Waals surface area contributed by atoms with E-state index in [1.54, 1.807) is 0 Å². The minimum Gasteiger partial charge on any atom is -0.335 e. The molecule has 2 saturated heterocycles. The summed E-state index contributed by atoms with van der Waals surface area (Å²) in [5, 5.41) is 3.45. The Morgan fingerprint density at radius 2 is 2.14 bits per heavy atom. The largest absolute Gasteiger partial charge is 0.335 e. The van der Waals surface area contributed by atoms with Gasteiger partial charge in [0.1, 0.15) is 0 Å². The van der Waals surface area contributed by atoms with Gasteiger partial charge >= 0.3 is 0 Å². The normalized spacial score (nSPS) is 25.0. The zero-order valence-corrected chi connectivity index (χ0v) is 14.2. The maximum atomic E-state index is 12.6. The van der Waals surface area contributed by atoms with Crippen LogP contribution in [0.1, 0.15) is 36.8 Å². The van der Waals surface area contributed by atoms with E-state index in [2.05, 4.69) is 51.3 Å². The number of fused-ring (bicyclic) bond motifs is 2. The van der Waals surface area contributed by atoms with Crippen molar-refractivity contribution >= 4 is 21.8 Å². The molecule has 1 amide bonds. The smallest absolute Gasteiger partial charge is 0.223 e. The maximum Gasteiger partial charge on any atom is 0.223 e. The summed E-state index contributed by atoms with van der Waals surface area (Å²) in [5.41, 5.74) is 2.49. The molecule has 0 saturated carbocycles. The molecule has 3 nitrogen and oxygen atoms in total. The molecule has 2 aliphatic heterocycles. The van der Waals surface area contributed by atoms with Crippen LogP contribution in [0.15, 0.2) is 22.7 Å². The van der Waals surface area contributed by atoms with Crippen molar-refractivity contribution in [3.8, 4) is 0 Å². The van der Waals surface area contributed by atoms with E-state index >= 15 is 0 Å². The van der Waals surface area contributed by atoms with Crippen molar-refractivity contribution in [3.63, 3.8) is 0 Å². The monoisotopic (exact) mass is 350 g/mol. The highest BCUT2D eigenvalue weighted by Crippen LogP contribution is 2.29. The van der Waals surface area contributed by atoms with Gasteiger partial charge in [-0.15, -0.1) is 0 Å². The molecule has 0 aromatic heterocycles. The summed E-state index contributed by atoms with van der Waals surface area (Å²) in [5.74, 6) is 0.340.